The minimum atomic E-state index is 0.527. The van der Waals surface area contributed by atoms with Crippen molar-refractivity contribution in [2.45, 2.75) is 25.8 Å². The van der Waals surface area contributed by atoms with Gasteiger partial charge in [-0.1, -0.05) is 12.5 Å². The van der Waals surface area contributed by atoms with Crippen LogP contribution in [0.4, 0.5) is 0 Å². The van der Waals surface area contributed by atoms with E-state index < -0.39 is 0 Å². The Labute approximate surface area is 122 Å². The highest BCUT2D eigenvalue weighted by Crippen LogP contribution is 2.26. The van der Waals surface area contributed by atoms with E-state index in [1.54, 1.807) is 7.11 Å². The van der Waals surface area contributed by atoms with Gasteiger partial charge < -0.3 is 15.8 Å². The van der Waals surface area contributed by atoms with Crippen LogP contribution in [-0.4, -0.2) is 19.6 Å². The van der Waals surface area contributed by atoms with Crippen LogP contribution in [0, 0.1) is 5.92 Å². The van der Waals surface area contributed by atoms with Crippen molar-refractivity contribution in [3.8, 4) is 5.75 Å². The van der Waals surface area contributed by atoms with Crippen molar-refractivity contribution in [3.05, 3.63) is 28.2 Å². The number of methoxy groups -OCH3 is 1. The molecule has 0 radical (unpaired) electrons. The average Bonchev–Trinajstić information content (AvgIpc) is 2.34. The van der Waals surface area contributed by atoms with E-state index in [9.17, 15) is 0 Å². The monoisotopic (exact) mass is 325 g/mol. The highest BCUT2D eigenvalue weighted by molar-refractivity contribution is 9.10. The summed E-state index contributed by atoms with van der Waals surface area (Å²) < 4.78 is 6.12. The first kappa shape index (κ1) is 14.2. The van der Waals surface area contributed by atoms with Crippen molar-refractivity contribution in [1.82, 2.24) is 5.32 Å². The first-order valence-electron chi connectivity index (χ1n) is 6.55. The Morgan fingerprint density at radius 1 is 1.53 bits per heavy atom. The number of hydrogen-bond donors (Lipinski definition) is 2. The zero-order valence-corrected chi connectivity index (χ0v) is 12.7. The topological polar surface area (TPSA) is 59.6 Å². The number of guanidine groups is 1. The summed E-state index contributed by atoms with van der Waals surface area (Å²) in [4.78, 5) is 4.34. The lowest BCUT2D eigenvalue weighted by atomic mass is 9.85. The van der Waals surface area contributed by atoms with E-state index in [0.29, 0.717) is 12.5 Å². The predicted molar refractivity (Wildman–Crippen MR) is 81.4 cm³/mol. The lowest BCUT2D eigenvalue weighted by Gasteiger charge is -2.25. The van der Waals surface area contributed by atoms with Crippen molar-refractivity contribution >= 4 is 21.9 Å². The fraction of sp³-hybridized carbons (Fsp3) is 0.500. The van der Waals surface area contributed by atoms with Gasteiger partial charge in [0, 0.05) is 6.54 Å². The summed E-state index contributed by atoms with van der Waals surface area (Å²) in [5.41, 5.74) is 6.94. The molecule has 1 aromatic rings. The van der Waals surface area contributed by atoms with Gasteiger partial charge >= 0.3 is 0 Å². The number of benzene rings is 1. The van der Waals surface area contributed by atoms with E-state index in [1.807, 2.05) is 18.2 Å². The summed E-state index contributed by atoms with van der Waals surface area (Å²) in [7, 11) is 1.65. The summed E-state index contributed by atoms with van der Waals surface area (Å²) in [6, 6.07) is 5.92. The van der Waals surface area contributed by atoms with Crippen LogP contribution in [-0.2, 0) is 6.54 Å². The molecule has 1 fully saturated rings. The molecule has 19 heavy (non-hydrogen) atoms. The van der Waals surface area contributed by atoms with Crippen LogP contribution >= 0.6 is 15.9 Å². The van der Waals surface area contributed by atoms with Gasteiger partial charge in [0.25, 0.3) is 0 Å². The molecule has 0 unspecified atom stereocenters. The molecule has 0 saturated heterocycles. The van der Waals surface area contributed by atoms with Crippen LogP contribution in [0.1, 0.15) is 24.8 Å². The second-order valence-electron chi connectivity index (χ2n) is 4.85. The molecule has 1 aliphatic rings. The van der Waals surface area contributed by atoms with Gasteiger partial charge in [0.1, 0.15) is 5.75 Å². The molecule has 5 heteroatoms. The van der Waals surface area contributed by atoms with E-state index in [4.69, 9.17) is 10.5 Å². The van der Waals surface area contributed by atoms with E-state index in [-0.39, 0.29) is 0 Å². The Bertz CT molecular complexity index is 458. The zero-order chi connectivity index (χ0) is 13.7. The van der Waals surface area contributed by atoms with Gasteiger partial charge in [-0.2, -0.15) is 0 Å². The third kappa shape index (κ3) is 4.13. The summed E-state index contributed by atoms with van der Waals surface area (Å²) in [6.45, 7) is 1.52. The van der Waals surface area contributed by atoms with Gasteiger partial charge in [0.15, 0.2) is 5.96 Å². The van der Waals surface area contributed by atoms with E-state index in [2.05, 4.69) is 26.2 Å². The standard InChI is InChI=1S/C14H20BrN3O/c1-19-13-6-5-11(7-12(13)15)9-18-14(16)17-8-10-3-2-4-10/h5-7,10H,2-4,8-9H2,1H3,(H3,16,17,18). The normalized spacial score (nSPS) is 16.0. The second-order valence-corrected chi connectivity index (χ2v) is 5.70. The largest absolute Gasteiger partial charge is 0.496 e. The van der Waals surface area contributed by atoms with Crippen LogP contribution in [0.3, 0.4) is 0 Å². The highest BCUT2D eigenvalue weighted by atomic mass is 79.9. The number of ether oxygens (including phenoxy) is 1. The number of nitrogens with zero attached hydrogens (tertiary/aromatic N) is 1. The minimum absolute atomic E-state index is 0.527. The molecule has 2 rings (SSSR count). The maximum atomic E-state index is 5.85. The Hall–Kier alpha value is -1.23. The molecule has 1 saturated carbocycles. The Morgan fingerprint density at radius 3 is 2.89 bits per heavy atom. The van der Waals surface area contributed by atoms with Crippen LogP contribution < -0.4 is 15.8 Å². The Balaban J connectivity index is 1.84. The third-order valence-corrected chi connectivity index (χ3v) is 4.06. The smallest absolute Gasteiger partial charge is 0.188 e. The first-order valence-corrected chi connectivity index (χ1v) is 7.34. The molecule has 3 N–H and O–H groups in total. The maximum absolute atomic E-state index is 5.85. The van der Waals surface area contributed by atoms with Gasteiger partial charge in [-0.15, -0.1) is 0 Å². The summed E-state index contributed by atoms with van der Waals surface area (Å²) in [5, 5.41) is 3.18. The average molecular weight is 326 g/mol. The molecular weight excluding hydrogens is 306 g/mol. The van der Waals surface area contributed by atoms with Gasteiger partial charge in [-0.25, -0.2) is 4.99 Å². The van der Waals surface area contributed by atoms with Crippen molar-refractivity contribution < 1.29 is 4.74 Å². The van der Waals surface area contributed by atoms with Gasteiger partial charge in [0.2, 0.25) is 0 Å². The van der Waals surface area contributed by atoms with E-state index in [1.165, 1.54) is 19.3 Å². The van der Waals surface area contributed by atoms with E-state index in [0.717, 1.165) is 28.2 Å². The number of halogens is 1. The predicted octanol–water partition coefficient (Wildman–Crippen LogP) is 2.66. The number of aliphatic imine (C=N–C) groups is 1. The number of nitrogens with two attached hydrogens (primary N) is 1. The first-order chi connectivity index (χ1) is 9.19. The van der Waals surface area contributed by atoms with Crippen LogP contribution in [0.25, 0.3) is 0 Å². The quantitative estimate of drug-likeness (QED) is 0.646. The molecule has 0 heterocycles. The highest BCUT2D eigenvalue weighted by Gasteiger charge is 2.16. The van der Waals surface area contributed by atoms with Gasteiger partial charge in [-0.3, -0.25) is 0 Å². The second kappa shape index (κ2) is 6.80. The van der Waals surface area contributed by atoms with Crippen LogP contribution in [0.2, 0.25) is 0 Å². The summed E-state index contributed by atoms with van der Waals surface area (Å²) >= 11 is 3.46. The van der Waals surface area contributed by atoms with Gasteiger partial charge in [-0.05, 0) is 52.4 Å². The number of nitrogens with one attached hydrogen (secondary N) is 1. The minimum Gasteiger partial charge on any atom is -0.496 e. The van der Waals surface area contributed by atoms with Gasteiger partial charge in [0.05, 0.1) is 18.1 Å². The Morgan fingerprint density at radius 2 is 2.32 bits per heavy atom. The van der Waals surface area contributed by atoms with Crippen LogP contribution in [0.5, 0.6) is 5.75 Å². The maximum Gasteiger partial charge on any atom is 0.188 e. The van der Waals surface area contributed by atoms with Crippen molar-refractivity contribution in [3.63, 3.8) is 0 Å². The van der Waals surface area contributed by atoms with Crippen LogP contribution in [0.15, 0.2) is 27.7 Å². The molecule has 1 aliphatic carbocycles. The SMILES string of the molecule is COc1ccc(CN=C(N)NCC2CCC2)cc1Br. The van der Waals surface area contributed by atoms with E-state index >= 15 is 0 Å². The molecule has 1 aromatic carbocycles. The molecular formula is C14H20BrN3O. The van der Waals surface area contributed by atoms with Crippen molar-refractivity contribution in [1.29, 1.82) is 0 Å². The number of hydrogen-bond acceptors (Lipinski definition) is 2. The molecule has 0 amide bonds. The molecule has 4 nitrogen and oxygen atoms in total. The lowest BCUT2D eigenvalue weighted by molar-refractivity contribution is 0.315. The summed E-state index contributed by atoms with van der Waals surface area (Å²) in [5.74, 6) is 2.13. The molecule has 0 bridgehead atoms. The zero-order valence-electron chi connectivity index (χ0n) is 11.2. The van der Waals surface area contributed by atoms with Crippen molar-refractivity contribution in [2.75, 3.05) is 13.7 Å². The molecule has 0 aliphatic heterocycles. The molecule has 0 spiro atoms. The molecule has 0 aromatic heterocycles. The molecule has 0 atom stereocenters. The molecule has 104 valence electrons. The number of rotatable bonds is 5. The summed E-state index contributed by atoms with van der Waals surface area (Å²) in [6.07, 6.45) is 3.97. The van der Waals surface area contributed by atoms with Crippen molar-refractivity contribution in [2.24, 2.45) is 16.6 Å². The third-order valence-electron chi connectivity index (χ3n) is 3.44. The fourth-order valence-electron chi connectivity index (χ4n) is 1.99. The Kier molecular flexibility index (Phi) is 5.07. The lowest BCUT2D eigenvalue weighted by Crippen LogP contribution is -2.37. The fourth-order valence-corrected chi connectivity index (χ4v) is 2.57.